The van der Waals surface area contributed by atoms with Gasteiger partial charge < -0.3 is 10.4 Å². The summed E-state index contributed by atoms with van der Waals surface area (Å²) in [5, 5.41) is 22.4. The first-order valence-electron chi connectivity index (χ1n) is 7.47. The molecule has 0 saturated carbocycles. The summed E-state index contributed by atoms with van der Waals surface area (Å²) in [7, 11) is 0. The fourth-order valence-corrected chi connectivity index (χ4v) is 2.13. The van der Waals surface area contributed by atoms with Crippen LogP contribution in [0.25, 0.3) is 6.08 Å². The van der Waals surface area contributed by atoms with Crippen molar-refractivity contribution in [1.82, 2.24) is 5.32 Å². The Hall–Kier alpha value is -3.48. The Kier molecular flexibility index (Phi) is 6.00. The van der Waals surface area contributed by atoms with E-state index in [-0.39, 0.29) is 17.7 Å². The van der Waals surface area contributed by atoms with Crippen molar-refractivity contribution in [3.8, 4) is 0 Å². The topological polar surface area (TPSA) is 110 Å². The summed E-state index contributed by atoms with van der Waals surface area (Å²) >= 11 is 0. The zero-order valence-corrected chi connectivity index (χ0v) is 13.2. The van der Waals surface area contributed by atoms with Crippen molar-refractivity contribution in [1.29, 1.82) is 0 Å². The third kappa shape index (κ3) is 5.28. The molecule has 0 saturated heterocycles. The highest BCUT2D eigenvalue weighted by Crippen LogP contribution is 2.13. The minimum absolute atomic E-state index is 0.0347. The van der Waals surface area contributed by atoms with Crippen LogP contribution in [0.4, 0.5) is 5.69 Å². The van der Waals surface area contributed by atoms with Gasteiger partial charge in [-0.05, 0) is 18.1 Å². The van der Waals surface area contributed by atoms with Gasteiger partial charge in [0.15, 0.2) is 0 Å². The maximum absolute atomic E-state index is 12.1. The number of hydrogen-bond acceptors (Lipinski definition) is 4. The lowest BCUT2D eigenvalue weighted by molar-refractivity contribution is -0.384. The normalized spacial score (nSPS) is 11.8. The zero-order valence-electron chi connectivity index (χ0n) is 13.2. The van der Waals surface area contributed by atoms with Crippen molar-refractivity contribution in [2.45, 2.75) is 12.5 Å². The third-order valence-electron chi connectivity index (χ3n) is 3.40. The molecule has 2 rings (SSSR count). The summed E-state index contributed by atoms with van der Waals surface area (Å²) in [6.45, 7) is 0. The van der Waals surface area contributed by atoms with E-state index in [4.69, 9.17) is 0 Å². The van der Waals surface area contributed by atoms with Gasteiger partial charge in [0.25, 0.3) is 11.6 Å². The molecule has 128 valence electrons. The average molecular weight is 340 g/mol. The van der Waals surface area contributed by atoms with E-state index in [1.54, 1.807) is 12.2 Å². The molecule has 7 heteroatoms. The third-order valence-corrected chi connectivity index (χ3v) is 3.40. The second-order valence-corrected chi connectivity index (χ2v) is 5.22. The summed E-state index contributed by atoms with van der Waals surface area (Å²) in [6.07, 6.45) is 3.50. The van der Waals surface area contributed by atoms with Crippen LogP contribution >= 0.6 is 0 Å². The summed E-state index contributed by atoms with van der Waals surface area (Å²) in [6, 6.07) is 13.3. The van der Waals surface area contributed by atoms with Crippen LogP contribution in [0.5, 0.6) is 0 Å². The first kappa shape index (κ1) is 17.9. The van der Waals surface area contributed by atoms with Crippen LogP contribution in [0, 0.1) is 10.1 Å². The van der Waals surface area contributed by atoms with Crippen LogP contribution in [-0.4, -0.2) is 27.9 Å². The van der Waals surface area contributed by atoms with Crippen molar-refractivity contribution < 1.29 is 19.6 Å². The van der Waals surface area contributed by atoms with E-state index in [0.29, 0.717) is 0 Å². The van der Waals surface area contributed by atoms with Gasteiger partial charge >= 0.3 is 5.97 Å². The molecular formula is C18H16N2O5. The van der Waals surface area contributed by atoms with E-state index < -0.39 is 22.8 Å². The van der Waals surface area contributed by atoms with Gasteiger partial charge in [0.05, 0.1) is 4.92 Å². The lowest BCUT2D eigenvalue weighted by Gasteiger charge is -2.12. The Morgan fingerprint density at radius 1 is 1.16 bits per heavy atom. The molecule has 0 fully saturated rings. The predicted molar refractivity (Wildman–Crippen MR) is 92.1 cm³/mol. The lowest BCUT2D eigenvalue weighted by Crippen LogP contribution is -2.40. The van der Waals surface area contributed by atoms with Gasteiger partial charge in [0, 0.05) is 17.7 Å². The van der Waals surface area contributed by atoms with E-state index in [2.05, 4.69) is 5.32 Å². The quantitative estimate of drug-likeness (QED) is 0.595. The molecule has 0 radical (unpaired) electrons. The number of nitrogens with one attached hydrogen (secondary N) is 1. The Balaban J connectivity index is 2.04. The van der Waals surface area contributed by atoms with Crippen LogP contribution in [0.15, 0.2) is 60.7 Å². The zero-order chi connectivity index (χ0) is 18.2. The molecule has 2 aromatic carbocycles. The number of nitro groups is 1. The Bertz CT molecular complexity index is 802. The van der Waals surface area contributed by atoms with Crippen molar-refractivity contribution in [3.05, 3.63) is 81.9 Å². The van der Waals surface area contributed by atoms with Gasteiger partial charge in [-0.1, -0.05) is 48.6 Å². The largest absolute Gasteiger partial charge is 0.480 e. The monoisotopic (exact) mass is 340 g/mol. The molecule has 1 amide bonds. The SMILES string of the molecule is O=C(N[C@@H](C/C=C/c1ccccc1)C(=O)O)c1cccc([N+](=O)[O-])c1. The molecular weight excluding hydrogens is 324 g/mol. The highest BCUT2D eigenvalue weighted by atomic mass is 16.6. The number of amides is 1. The molecule has 0 aliphatic rings. The van der Waals surface area contributed by atoms with E-state index in [1.807, 2.05) is 30.3 Å². The molecule has 2 aromatic rings. The maximum Gasteiger partial charge on any atom is 0.326 e. The number of carboxylic acids is 1. The number of nitrogens with zero attached hydrogens (tertiary/aromatic N) is 1. The van der Waals surface area contributed by atoms with E-state index >= 15 is 0 Å². The van der Waals surface area contributed by atoms with Crippen molar-refractivity contribution in [2.24, 2.45) is 0 Å². The molecule has 2 N–H and O–H groups in total. The molecule has 0 bridgehead atoms. The van der Waals surface area contributed by atoms with Gasteiger partial charge in [-0.2, -0.15) is 0 Å². The number of carboxylic acid groups (broad SMARTS) is 1. The van der Waals surface area contributed by atoms with Gasteiger partial charge in [-0.3, -0.25) is 14.9 Å². The minimum Gasteiger partial charge on any atom is -0.480 e. The van der Waals surface area contributed by atoms with Crippen LogP contribution < -0.4 is 5.32 Å². The molecule has 0 aliphatic carbocycles. The van der Waals surface area contributed by atoms with Crippen molar-refractivity contribution >= 4 is 23.6 Å². The Morgan fingerprint density at radius 2 is 1.88 bits per heavy atom. The number of hydrogen-bond donors (Lipinski definition) is 2. The van der Waals surface area contributed by atoms with Crippen LogP contribution in [0.2, 0.25) is 0 Å². The van der Waals surface area contributed by atoms with Crippen LogP contribution in [0.3, 0.4) is 0 Å². The van der Waals surface area contributed by atoms with Gasteiger partial charge in [0.1, 0.15) is 6.04 Å². The highest BCUT2D eigenvalue weighted by molar-refractivity contribution is 5.97. The van der Waals surface area contributed by atoms with Crippen LogP contribution in [0.1, 0.15) is 22.3 Å². The number of aliphatic carboxylic acids is 1. The van der Waals surface area contributed by atoms with Crippen LogP contribution in [-0.2, 0) is 4.79 Å². The predicted octanol–water partition coefficient (Wildman–Crippen LogP) is 2.88. The standard InChI is InChI=1S/C18H16N2O5/c21-17(14-9-5-10-15(12-14)20(24)25)19-16(18(22)23)11-4-8-13-6-2-1-3-7-13/h1-10,12,16H,11H2,(H,19,21)(H,22,23)/b8-4+/t16-/m0/s1. The van der Waals surface area contributed by atoms with Gasteiger partial charge in [-0.25, -0.2) is 4.79 Å². The van der Waals surface area contributed by atoms with E-state index in [9.17, 15) is 24.8 Å². The minimum atomic E-state index is -1.18. The Labute approximate surface area is 143 Å². The fourth-order valence-electron chi connectivity index (χ4n) is 2.13. The number of nitro benzene ring substituents is 1. The number of carbonyl (C=O) groups excluding carboxylic acids is 1. The second kappa shape index (κ2) is 8.39. The molecule has 0 heterocycles. The molecule has 7 nitrogen and oxygen atoms in total. The van der Waals surface area contributed by atoms with E-state index in [0.717, 1.165) is 11.6 Å². The lowest BCUT2D eigenvalue weighted by atomic mass is 10.1. The molecule has 0 aromatic heterocycles. The number of carbonyl (C=O) groups is 2. The smallest absolute Gasteiger partial charge is 0.326 e. The summed E-state index contributed by atoms with van der Waals surface area (Å²) in [4.78, 5) is 33.6. The number of non-ortho nitro benzene ring substituents is 1. The second-order valence-electron chi connectivity index (χ2n) is 5.22. The average Bonchev–Trinajstić information content (AvgIpc) is 2.61. The maximum atomic E-state index is 12.1. The van der Waals surface area contributed by atoms with Gasteiger partial charge in [-0.15, -0.1) is 0 Å². The highest BCUT2D eigenvalue weighted by Gasteiger charge is 2.20. The molecule has 0 unspecified atom stereocenters. The Morgan fingerprint density at radius 3 is 2.52 bits per heavy atom. The number of rotatable bonds is 7. The summed E-state index contributed by atoms with van der Waals surface area (Å²) < 4.78 is 0. The fraction of sp³-hybridized carbons (Fsp3) is 0.111. The molecule has 1 atom stereocenters. The van der Waals surface area contributed by atoms with Crippen molar-refractivity contribution in [2.75, 3.05) is 0 Å². The summed E-state index contributed by atoms with van der Waals surface area (Å²) in [5.41, 5.74) is 0.715. The molecule has 0 spiro atoms. The first-order valence-corrected chi connectivity index (χ1v) is 7.47. The molecule has 25 heavy (non-hydrogen) atoms. The van der Waals surface area contributed by atoms with Gasteiger partial charge in [0.2, 0.25) is 0 Å². The van der Waals surface area contributed by atoms with Crippen molar-refractivity contribution in [3.63, 3.8) is 0 Å². The van der Waals surface area contributed by atoms with E-state index in [1.165, 1.54) is 18.2 Å². The number of benzene rings is 2. The first-order chi connectivity index (χ1) is 12.0. The molecule has 0 aliphatic heterocycles. The summed E-state index contributed by atoms with van der Waals surface area (Å²) in [5.74, 6) is -1.86.